The molecule has 5 nitrogen and oxygen atoms in total. The Morgan fingerprint density at radius 2 is 2.31 bits per heavy atom. The van der Waals surface area contributed by atoms with E-state index in [2.05, 4.69) is 10.3 Å². The maximum absolute atomic E-state index is 10.9. The summed E-state index contributed by atoms with van der Waals surface area (Å²) < 4.78 is 6.71. The molecule has 0 saturated carbocycles. The number of hydrogen-bond acceptors (Lipinski definition) is 4. The second-order valence-corrected chi connectivity index (χ2v) is 3.81. The van der Waals surface area contributed by atoms with Crippen LogP contribution in [0.15, 0.2) is 22.9 Å². The molecule has 0 aliphatic rings. The molecule has 0 unspecified atom stereocenters. The summed E-state index contributed by atoms with van der Waals surface area (Å²) in [6.45, 7) is 3.97. The number of rotatable bonds is 4. The van der Waals surface area contributed by atoms with Crippen LogP contribution in [-0.4, -0.2) is 20.7 Å². The predicted molar refractivity (Wildman–Crippen MR) is 57.0 cm³/mol. The van der Waals surface area contributed by atoms with Crippen LogP contribution in [0, 0.1) is 6.92 Å². The molecule has 0 spiro atoms. The topological polar surface area (TPSA) is 60.9 Å². The van der Waals surface area contributed by atoms with Crippen molar-refractivity contribution in [2.24, 2.45) is 0 Å². The summed E-state index contributed by atoms with van der Waals surface area (Å²) in [7, 11) is 0. The van der Waals surface area contributed by atoms with Gasteiger partial charge in [-0.05, 0) is 19.9 Å². The summed E-state index contributed by atoms with van der Waals surface area (Å²) >= 11 is 0. The number of carbonyl (C=O) groups is 1. The van der Waals surface area contributed by atoms with E-state index in [0.717, 1.165) is 17.1 Å². The van der Waals surface area contributed by atoms with Crippen molar-refractivity contribution >= 4 is 5.78 Å². The van der Waals surface area contributed by atoms with Gasteiger partial charge in [0.15, 0.2) is 0 Å². The molecule has 0 radical (unpaired) electrons. The van der Waals surface area contributed by atoms with Gasteiger partial charge in [-0.15, -0.1) is 0 Å². The highest BCUT2D eigenvalue weighted by Crippen LogP contribution is 2.05. The van der Waals surface area contributed by atoms with Gasteiger partial charge in [-0.25, -0.2) is 0 Å². The Morgan fingerprint density at radius 3 is 2.94 bits per heavy atom. The highest BCUT2D eigenvalue weighted by atomic mass is 16.5. The van der Waals surface area contributed by atoms with E-state index in [9.17, 15) is 4.79 Å². The molecule has 0 fully saturated rings. The quantitative estimate of drug-likeness (QED) is 0.779. The van der Waals surface area contributed by atoms with Gasteiger partial charge in [-0.1, -0.05) is 5.16 Å². The number of aromatic nitrogens is 3. The number of nitrogens with zero attached hydrogens (tertiary/aromatic N) is 3. The van der Waals surface area contributed by atoms with E-state index in [1.807, 2.05) is 25.3 Å². The molecule has 0 aromatic carbocycles. The van der Waals surface area contributed by atoms with Crippen LogP contribution in [-0.2, 0) is 17.8 Å². The Balaban J connectivity index is 2.05. The van der Waals surface area contributed by atoms with E-state index in [1.165, 1.54) is 0 Å². The average Bonchev–Trinajstić information content (AvgIpc) is 2.76. The smallest absolute Gasteiger partial charge is 0.135 e. The molecule has 2 heterocycles. The van der Waals surface area contributed by atoms with Crippen LogP contribution in [0.25, 0.3) is 0 Å². The molecule has 0 N–H and O–H groups in total. The van der Waals surface area contributed by atoms with Crippen molar-refractivity contribution in [2.45, 2.75) is 26.8 Å². The van der Waals surface area contributed by atoms with E-state index in [-0.39, 0.29) is 5.78 Å². The average molecular weight is 219 g/mol. The maximum atomic E-state index is 10.9. The first-order chi connectivity index (χ1) is 7.63. The van der Waals surface area contributed by atoms with E-state index >= 15 is 0 Å². The van der Waals surface area contributed by atoms with Crippen LogP contribution >= 0.6 is 0 Å². The Hall–Kier alpha value is -1.91. The molecular formula is C11H13N3O2. The summed E-state index contributed by atoms with van der Waals surface area (Å²) in [5.74, 6) is 0.897. The third kappa shape index (κ3) is 2.56. The minimum Gasteiger partial charge on any atom is -0.361 e. The fourth-order valence-electron chi connectivity index (χ4n) is 1.50. The highest BCUT2D eigenvalue weighted by Gasteiger charge is 2.05. The molecule has 0 amide bonds. The fourth-order valence-corrected chi connectivity index (χ4v) is 1.50. The molecule has 2 rings (SSSR count). The monoisotopic (exact) mass is 219 g/mol. The minimum atomic E-state index is 0.113. The SMILES string of the molecule is CC(=O)Cc1ccn(Cc2cc(C)on2)n1. The molecule has 16 heavy (non-hydrogen) atoms. The molecule has 0 aliphatic heterocycles. The minimum absolute atomic E-state index is 0.113. The van der Waals surface area contributed by atoms with Crippen LogP contribution in [0.5, 0.6) is 0 Å². The Morgan fingerprint density at radius 1 is 1.50 bits per heavy atom. The number of ketones is 1. The van der Waals surface area contributed by atoms with Crippen molar-refractivity contribution in [2.75, 3.05) is 0 Å². The molecule has 84 valence electrons. The Labute approximate surface area is 93.0 Å². The Bertz CT molecular complexity index is 499. The molecule has 0 atom stereocenters. The standard InChI is InChI=1S/C11H13N3O2/c1-8(15)5-10-3-4-14(12-10)7-11-6-9(2)16-13-11/h3-4,6H,5,7H2,1-2H3. The second-order valence-electron chi connectivity index (χ2n) is 3.81. The molecular weight excluding hydrogens is 206 g/mol. The predicted octanol–water partition coefficient (Wildman–Crippen LogP) is 1.36. The first kappa shape index (κ1) is 10.6. The van der Waals surface area contributed by atoms with Crippen molar-refractivity contribution in [3.8, 4) is 0 Å². The van der Waals surface area contributed by atoms with Gasteiger partial charge in [0, 0.05) is 12.3 Å². The highest BCUT2D eigenvalue weighted by molar-refractivity contribution is 5.77. The van der Waals surface area contributed by atoms with Crippen molar-refractivity contribution in [3.63, 3.8) is 0 Å². The summed E-state index contributed by atoms with van der Waals surface area (Å²) in [6, 6.07) is 3.71. The summed E-state index contributed by atoms with van der Waals surface area (Å²) in [5, 5.41) is 8.15. The number of aryl methyl sites for hydroxylation is 1. The molecule has 0 bridgehead atoms. The van der Waals surface area contributed by atoms with Crippen molar-refractivity contribution < 1.29 is 9.32 Å². The number of Topliss-reactive ketones (excluding diaryl/α,β-unsaturated/α-hetero) is 1. The fraction of sp³-hybridized carbons (Fsp3) is 0.364. The van der Waals surface area contributed by atoms with Crippen LogP contribution in [0.2, 0.25) is 0 Å². The van der Waals surface area contributed by atoms with Gasteiger partial charge in [-0.2, -0.15) is 5.10 Å². The van der Waals surface area contributed by atoms with Crippen LogP contribution in [0.1, 0.15) is 24.1 Å². The van der Waals surface area contributed by atoms with Crippen LogP contribution in [0.4, 0.5) is 0 Å². The van der Waals surface area contributed by atoms with Gasteiger partial charge >= 0.3 is 0 Å². The lowest BCUT2D eigenvalue weighted by Gasteiger charge is -1.95. The molecule has 0 saturated heterocycles. The van der Waals surface area contributed by atoms with Crippen molar-refractivity contribution in [1.82, 2.24) is 14.9 Å². The molecule has 5 heteroatoms. The lowest BCUT2D eigenvalue weighted by Crippen LogP contribution is -2.03. The van der Waals surface area contributed by atoms with Crippen molar-refractivity contribution in [1.29, 1.82) is 0 Å². The van der Waals surface area contributed by atoms with Crippen molar-refractivity contribution in [3.05, 3.63) is 35.5 Å². The first-order valence-electron chi connectivity index (χ1n) is 5.07. The van der Waals surface area contributed by atoms with Gasteiger partial charge < -0.3 is 4.52 Å². The maximum Gasteiger partial charge on any atom is 0.135 e. The first-order valence-corrected chi connectivity index (χ1v) is 5.07. The molecule has 0 aliphatic carbocycles. The lowest BCUT2D eigenvalue weighted by atomic mass is 10.2. The van der Waals surface area contributed by atoms with Gasteiger partial charge in [-0.3, -0.25) is 9.48 Å². The van der Waals surface area contributed by atoms with Gasteiger partial charge in [0.1, 0.15) is 17.2 Å². The van der Waals surface area contributed by atoms with Gasteiger partial charge in [0.25, 0.3) is 0 Å². The summed E-state index contributed by atoms with van der Waals surface area (Å²) in [4.78, 5) is 10.9. The van der Waals surface area contributed by atoms with E-state index in [1.54, 1.807) is 11.6 Å². The summed E-state index contributed by atoms with van der Waals surface area (Å²) in [6.07, 6.45) is 2.22. The van der Waals surface area contributed by atoms with E-state index < -0.39 is 0 Å². The number of hydrogen-bond donors (Lipinski definition) is 0. The second kappa shape index (κ2) is 4.30. The third-order valence-corrected chi connectivity index (χ3v) is 2.13. The van der Waals surface area contributed by atoms with E-state index in [0.29, 0.717) is 13.0 Å². The molecule has 2 aromatic rings. The molecule has 2 aromatic heterocycles. The zero-order valence-corrected chi connectivity index (χ0v) is 9.30. The third-order valence-electron chi connectivity index (χ3n) is 2.13. The van der Waals surface area contributed by atoms with E-state index in [4.69, 9.17) is 4.52 Å². The summed E-state index contributed by atoms with van der Waals surface area (Å²) in [5.41, 5.74) is 1.61. The van der Waals surface area contributed by atoms with Gasteiger partial charge in [0.05, 0.1) is 18.7 Å². The lowest BCUT2D eigenvalue weighted by molar-refractivity contribution is -0.116. The zero-order chi connectivity index (χ0) is 11.5. The largest absolute Gasteiger partial charge is 0.361 e. The zero-order valence-electron chi connectivity index (χ0n) is 9.30. The van der Waals surface area contributed by atoms with Gasteiger partial charge in [0.2, 0.25) is 0 Å². The normalized spacial score (nSPS) is 10.6. The Kier molecular flexibility index (Phi) is 2.85. The van der Waals surface area contributed by atoms with Crippen LogP contribution in [0.3, 0.4) is 0 Å². The number of carbonyl (C=O) groups excluding carboxylic acids is 1. The van der Waals surface area contributed by atoms with Crippen LogP contribution < -0.4 is 0 Å².